The van der Waals surface area contributed by atoms with Crippen LogP contribution in [0.15, 0.2) is 133 Å². The fourth-order valence-corrected chi connectivity index (χ4v) is 9.24. The molecule has 0 spiro atoms. The predicted octanol–water partition coefficient (Wildman–Crippen LogP) is 5.33. The third-order valence-corrected chi connectivity index (χ3v) is 12.0. The zero-order chi connectivity index (χ0) is 40.2. The van der Waals surface area contributed by atoms with Gasteiger partial charge in [0.2, 0.25) is 23.6 Å². The topological polar surface area (TPSA) is 150 Å². The van der Waals surface area contributed by atoms with Crippen LogP contribution in [0.4, 0.5) is 11.4 Å². The molecule has 288 valence electrons. The quantitative estimate of drug-likeness (QED) is 0.189. The SMILES string of the molecule is O=C1c2ccccc2C(=O)N1C[C@H]1C=CC[C@H]2C(=O)N(c3ccccc3)C(=O)[C@@H]12.O=C1c2ccccc2C(=O)N1C[C@H]1C=CC[C@H]2C(=O)N(c3ccccc3)C(=O)[C@@H]12. The average Bonchev–Trinajstić information content (AvgIpc) is 3.86. The van der Waals surface area contributed by atoms with Crippen molar-refractivity contribution in [1.29, 1.82) is 0 Å². The second-order valence-electron chi connectivity index (χ2n) is 15.1. The Hall–Kier alpha value is -7.08. The monoisotopic (exact) mass is 772 g/mol. The molecule has 0 radical (unpaired) electrons. The number of carbonyl (C=O) groups excluding carboxylic acids is 8. The molecule has 0 aromatic heterocycles. The van der Waals surface area contributed by atoms with Crippen LogP contribution in [0.2, 0.25) is 0 Å². The van der Waals surface area contributed by atoms with Crippen molar-refractivity contribution >= 4 is 58.6 Å². The Kier molecular flexibility index (Phi) is 9.11. The van der Waals surface area contributed by atoms with Crippen LogP contribution in [-0.4, -0.2) is 70.1 Å². The summed E-state index contributed by atoms with van der Waals surface area (Å²) in [5.41, 5.74) is 2.64. The molecule has 0 bridgehead atoms. The Morgan fingerprint density at radius 1 is 0.397 bits per heavy atom. The summed E-state index contributed by atoms with van der Waals surface area (Å²) >= 11 is 0. The van der Waals surface area contributed by atoms with Gasteiger partial charge in [0.05, 0.1) is 57.3 Å². The molecule has 12 nitrogen and oxygen atoms in total. The first-order valence-corrected chi connectivity index (χ1v) is 19.2. The maximum atomic E-state index is 13.2. The Labute approximate surface area is 333 Å². The maximum Gasteiger partial charge on any atom is 0.261 e. The van der Waals surface area contributed by atoms with Crippen molar-refractivity contribution in [3.05, 3.63) is 156 Å². The number of nitrogens with zero attached hydrogens (tertiary/aromatic N) is 4. The van der Waals surface area contributed by atoms with E-state index in [-0.39, 0.29) is 72.2 Å². The molecule has 10 rings (SSSR count). The Morgan fingerprint density at radius 2 is 0.707 bits per heavy atom. The van der Waals surface area contributed by atoms with E-state index in [0.29, 0.717) is 46.5 Å². The lowest BCUT2D eigenvalue weighted by atomic mass is 9.77. The number of anilines is 2. The highest BCUT2D eigenvalue weighted by molar-refractivity contribution is 6.24. The van der Waals surface area contributed by atoms with E-state index in [2.05, 4.69) is 0 Å². The zero-order valence-electron chi connectivity index (χ0n) is 31.0. The molecule has 2 saturated heterocycles. The number of allylic oxidation sites excluding steroid dienone is 2. The van der Waals surface area contributed by atoms with Crippen LogP contribution in [0.3, 0.4) is 0 Å². The fourth-order valence-electron chi connectivity index (χ4n) is 9.24. The van der Waals surface area contributed by atoms with Crippen molar-refractivity contribution in [2.45, 2.75) is 12.8 Å². The second-order valence-corrected chi connectivity index (χ2v) is 15.1. The van der Waals surface area contributed by atoms with E-state index >= 15 is 0 Å². The van der Waals surface area contributed by atoms with Gasteiger partial charge in [0.1, 0.15) is 0 Å². The summed E-state index contributed by atoms with van der Waals surface area (Å²) in [6.07, 6.45) is 8.45. The molecule has 4 heterocycles. The van der Waals surface area contributed by atoms with E-state index in [1.807, 2.05) is 36.4 Å². The minimum absolute atomic E-state index is 0.0890. The molecule has 6 aliphatic rings. The first kappa shape index (κ1) is 36.6. The van der Waals surface area contributed by atoms with Gasteiger partial charge in [-0.3, -0.25) is 58.0 Å². The van der Waals surface area contributed by atoms with Crippen molar-refractivity contribution in [2.75, 3.05) is 22.9 Å². The Balaban J connectivity index is 0.000000150. The lowest BCUT2D eigenvalue weighted by Crippen LogP contribution is -2.40. The van der Waals surface area contributed by atoms with Crippen LogP contribution in [0.25, 0.3) is 0 Å². The smallest absolute Gasteiger partial charge is 0.261 e. The summed E-state index contributed by atoms with van der Waals surface area (Å²) in [4.78, 5) is 108. The number of fused-ring (bicyclic) bond motifs is 4. The number of carbonyl (C=O) groups is 8. The number of benzene rings is 4. The highest BCUT2D eigenvalue weighted by Crippen LogP contribution is 2.43. The fraction of sp³-hybridized carbons (Fsp3) is 0.217. The molecule has 4 aromatic rings. The van der Waals surface area contributed by atoms with Gasteiger partial charge in [0.25, 0.3) is 23.6 Å². The molecule has 2 fully saturated rings. The molecule has 2 aliphatic carbocycles. The van der Waals surface area contributed by atoms with Crippen molar-refractivity contribution in [3.8, 4) is 0 Å². The normalized spacial score (nSPS) is 25.6. The summed E-state index contributed by atoms with van der Waals surface area (Å²) in [7, 11) is 0. The first-order chi connectivity index (χ1) is 28.2. The van der Waals surface area contributed by atoms with Crippen molar-refractivity contribution < 1.29 is 38.4 Å². The highest BCUT2D eigenvalue weighted by Gasteiger charge is 2.54. The van der Waals surface area contributed by atoms with Crippen LogP contribution >= 0.6 is 0 Å². The molecule has 0 N–H and O–H groups in total. The van der Waals surface area contributed by atoms with Crippen molar-refractivity contribution in [3.63, 3.8) is 0 Å². The molecule has 0 unspecified atom stereocenters. The zero-order valence-corrected chi connectivity index (χ0v) is 31.0. The molecule has 4 aromatic carbocycles. The number of rotatable bonds is 6. The van der Waals surface area contributed by atoms with E-state index in [4.69, 9.17) is 0 Å². The highest BCUT2D eigenvalue weighted by atomic mass is 16.2. The van der Waals surface area contributed by atoms with Gasteiger partial charge in [-0.05, 0) is 61.4 Å². The molecule has 8 amide bonds. The molecule has 4 aliphatic heterocycles. The standard InChI is InChI=1S/2C23H18N2O4/c2*26-20-16-10-4-5-11-17(16)21(27)24(20)13-14-7-6-12-18-19(14)23(29)25(22(18)28)15-8-2-1-3-9-15/h2*1-11,14,18-19H,12-13H2/t2*14-,18-,19+/m11/s1. The minimum atomic E-state index is -0.572. The van der Waals surface area contributed by atoms with Gasteiger partial charge in [0, 0.05) is 24.9 Å². The number of hydrogen-bond acceptors (Lipinski definition) is 8. The van der Waals surface area contributed by atoms with Crippen molar-refractivity contribution in [2.24, 2.45) is 35.5 Å². The van der Waals surface area contributed by atoms with E-state index in [1.165, 1.54) is 19.6 Å². The van der Waals surface area contributed by atoms with Gasteiger partial charge in [-0.15, -0.1) is 0 Å². The molecular weight excluding hydrogens is 737 g/mol. The number of amides is 8. The van der Waals surface area contributed by atoms with Gasteiger partial charge in [-0.25, -0.2) is 0 Å². The van der Waals surface area contributed by atoms with Gasteiger partial charge < -0.3 is 0 Å². The lowest BCUT2D eigenvalue weighted by Gasteiger charge is -2.29. The van der Waals surface area contributed by atoms with Gasteiger partial charge in [-0.1, -0.05) is 85.0 Å². The summed E-state index contributed by atoms with van der Waals surface area (Å²) in [5.74, 6) is -5.22. The van der Waals surface area contributed by atoms with Crippen LogP contribution in [-0.2, 0) is 19.2 Å². The summed E-state index contributed by atoms with van der Waals surface area (Å²) in [6, 6.07) is 31.2. The summed E-state index contributed by atoms with van der Waals surface area (Å²) in [5, 5.41) is 0. The van der Waals surface area contributed by atoms with E-state index in [1.54, 1.807) is 97.1 Å². The van der Waals surface area contributed by atoms with E-state index in [0.717, 1.165) is 0 Å². The lowest BCUT2D eigenvalue weighted by molar-refractivity contribution is -0.124. The summed E-state index contributed by atoms with van der Waals surface area (Å²) < 4.78 is 0. The largest absolute Gasteiger partial charge is 0.274 e. The average molecular weight is 773 g/mol. The van der Waals surface area contributed by atoms with E-state index in [9.17, 15) is 38.4 Å². The molecular formula is C46H36N4O8. The van der Waals surface area contributed by atoms with Crippen LogP contribution < -0.4 is 9.80 Å². The predicted molar refractivity (Wildman–Crippen MR) is 210 cm³/mol. The third-order valence-electron chi connectivity index (χ3n) is 12.0. The molecule has 6 atom stereocenters. The van der Waals surface area contributed by atoms with Crippen LogP contribution in [0.1, 0.15) is 54.3 Å². The first-order valence-electron chi connectivity index (χ1n) is 19.2. The Morgan fingerprint density at radius 3 is 1.03 bits per heavy atom. The third kappa shape index (κ3) is 5.82. The molecule has 12 heteroatoms. The van der Waals surface area contributed by atoms with Crippen LogP contribution in [0.5, 0.6) is 0 Å². The number of imide groups is 4. The number of hydrogen-bond donors (Lipinski definition) is 0. The van der Waals surface area contributed by atoms with Gasteiger partial charge >= 0.3 is 0 Å². The minimum Gasteiger partial charge on any atom is -0.274 e. The van der Waals surface area contributed by atoms with Crippen molar-refractivity contribution in [1.82, 2.24) is 9.80 Å². The molecule has 58 heavy (non-hydrogen) atoms. The van der Waals surface area contributed by atoms with Gasteiger partial charge in [0.15, 0.2) is 0 Å². The molecule has 0 saturated carbocycles. The number of para-hydroxylation sites is 2. The van der Waals surface area contributed by atoms with E-state index < -0.39 is 23.7 Å². The maximum absolute atomic E-state index is 13.2. The second kappa shape index (κ2) is 14.5. The Bertz CT molecular complexity index is 2250. The van der Waals surface area contributed by atoms with Crippen LogP contribution in [0, 0.1) is 35.5 Å². The summed E-state index contributed by atoms with van der Waals surface area (Å²) in [6.45, 7) is 0.178. The van der Waals surface area contributed by atoms with Gasteiger partial charge in [-0.2, -0.15) is 0 Å².